The average Bonchev–Trinajstić information content (AvgIpc) is 3.14. The van der Waals surface area contributed by atoms with E-state index in [-0.39, 0.29) is 16.8 Å². The molecule has 2 N–H and O–H groups in total. The van der Waals surface area contributed by atoms with Crippen LogP contribution in [0.1, 0.15) is 28.6 Å². The number of fused-ring (bicyclic) bond motifs is 1. The van der Waals surface area contributed by atoms with Crippen LogP contribution in [0, 0.1) is 0 Å². The lowest BCUT2D eigenvalue weighted by Gasteiger charge is -2.09. The summed E-state index contributed by atoms with van der Waals surface area (Å²) in [6.45, 7) is 2.09. The number of anilines is 2. The summed E-state index contributed by atoms with van der Waals surface area (Å²) in [5.74, 6) is -0.204. The third kappa shape index (κ3) is 4.57. The summed E-state index contributed by atoms with van der Waals surface area (Å²) in [7, 11) is -3.83. The molecule has 0 fully saturated rings. The summed E-state index contributed by atoms with van der Waals surface area (Å²) in [6, 6.07) is 15.6. The van der Waals surface area contributed by atoms with Crippen LogP contribution in [-0.2, 0) is 16.4 Å². The maximum atomic E-state index is 13.0. The van der Waals surface area contributed by atoms with Crippen LogP contribution in [0.3, 0.4) is 0 Å². The molecule has 4 rings (SSSR count). The third-order valence-electron chi connectivity index (χ3n) is 4.62. The van der Waals surface area contributed by atoms with Crippen molar-refractivity contribution < 1.29 is 13.2 Å². The zero-order valence-electron chi connectivity index (χ0n) is 16.7. The number of nitrogens with one attached hydrogen (secondary N) is 2. The van der Waals surface area contributed by atoms with E-state index < -0.39 is 10.0 Å². The molecule has 158 valence electrons. The highest BCUT2D eigenvalue weighted by Gasteiger charge is 2.19. The number of hydrogen-bond donors (Lipinski definition) is 2. The fraction of sp³-hybridized carbons (Fsp3) is 0.136. The van der Waals surface area contributed by atoms with Crippen molar-refractivity contribution in [2.45, 2.75) is 24.7 Å². The largest absolute Gasteiger partial charge is 0.321 e. The van der Waals surface area contributed by atoms with Crippen LogP contribution < -0.4 is 10.0 Å². The summed E-state index contributed by atoms with van der Waals surface area (Å²) in [4.78, 5) is 21.4. The number of benzene rings is 2. The van der Waals surface area contributed by atoms with Crippen LogP contribution in [0.15, 0.2) is 71.9 Å². The topological polar surface area (TPSA) is 101 Å². The maximum Gasteiger partial charge on any atom is 0.266 e. The molecule has 2 aromatic carbocycles. The van der Waals surface area contributed by atoms with Crippen LogP contribution in [0.5, 0.6) is 0 Å². The molecule has 0 aliphatic rings. The summed E-state index contributed by atoms with van der Waals surface area (Å²) in [5.41, 5.74) is 1.56. The number of carbonyl (C=O) groups excluding carboxylic acids is 1. The van der Waals surface area contributed by atoms with Gasteiger partial charge >= 0.3 is 0 Å². The number of rotatable bonds is 7. The molecular weight excluding hydrogens is 432 g/mol. The van der Waals surface area contributed by atoms with Crippen molar-refractivity contribution in [3.05, 3.63) is 77.4 Å². The molecule has 31 heavy (non-hydrogen) atoms. The molecule has 0 saturated heterocycles. The minimum Gasteiger partial charge on any atom is -0.321 e. The van der Waals surface area contributed by atoms with Gasteiger partial charge in [0.05, 0.1) is 9.77 Å². The fourth-order valence-electron chi connectivity index (χ4n) is 3.22. The van der Waals surface area contributed by atoms with Gasteiger partial charge in [-0.15, -0.1) is 11.3 Å². The Balaban J connectivity index is 1.54. The van der Waals surface area contributed by atoms with Crippen molar-refractivity contribution in [2.75, 3.05) is 10.0 Å². The van der Waals surface area contributed by atoms with E-state index in [4.69, 9.17) is 0 Å². The van der Waals surface area contributed by atoms with Crippen molar-refractivity contribution in [3.8, 4) is 0 Å². The molecule has 0 aliphatic carbocycles. The normalized spacial score (nSPS) is 11.4. The molecule has 1 amide bonds. The predicted octanol–water partition coefficient (Wildman–Crippen LogP) is 4.70. The fourth-order valence-corrected chi connectivity index (χ4v) is 5.32. The molecule has 4 aromatic rings. The number of aromatic nitrogens is 2. The van der Waals surface area contributed by atoms with Crippen LogP contribution in [-0.4, -0.2) is 24.3 Å². The highest BCUT2D eigenvalue weighted by molar-refractivity contribution is 7.92. The van der Waals surface area contributed by atoms with E-state index in [9.17, 15) is 13.2 Å². The first-order chi connectivity index (χ1) is 15.0. The molecule has 0 saturated carbocycles. The van der Waals surface area contributed by atoms with Crippen molar-refractivity contribution in [1.29, 1.82) is 0 Å². The predicted molar refractivity (Wildman–Crippen MR) is 123 cm³/mol. The zero-order valence-corrected chi connectivity index (χ0v) is 18.3. The third-order valence-corrected chi connectivity index (χ3v) is 7.17. The maximum absolute atomic E-state index is 13.0. The Bertz CT molecular complexity index is 1320. The molecule has 7 nitrogen and oxygen atoms in total. The second-order valence-electron chi connectivity index (χ2n) is 6.81. The van der Waals surface area contributed by atoms with Gasteiger partial charge in [0.25, 0.3) is 15.9 Å². The Morgan fingerprint density at radius 1 is 1.00 bits per heavy atom. The molecule has 0 aliphatic heterocycles. The lowest BCUT2D eigenvalue weighted by Crippen LogP contribution is -2.15. The van der Waals surface area contributed by atoms with E-state index in [0.29, 0.717) is 10.6 Å². The van der Waals surface area contributed by atoms with Gasteiger partial charge in [-0.25, -0.2) is 23.1 Å². The first kappa shape index (κ1) is 21.0. The quantitative estimate of drug-likeness (QED) is 0.423. The second kappa shape index (κ2) is 8.83. The minimum absolute atomic E-state index is 0.00639. The van der Waals surface area contributed by atoms with Gasteiger partial charge in [-0.3, -0.25) is 4.79 Å². The molecule has 0 atom stereocenters. The number of amides is 1. The zero-order chi connectivity index (χ0) is 21.8. The smallest absolute Gasteiger partial charge is 0.266 e. The van der Waals surface area contributed by atoms with Crippen LogP contribution >= 0.6 is 11.3 Å². The standard InChI is InChI=1S/C22H20N4O3S2/c1-2-6-18-17-7-3-4-8-19(17)30-20(18)21(27)25-15-9-11-16(12-10-15)31(28,29)26-22-23-13-5-14-24-22/h3-5,7-14H,2,6H2,1H3,(H,25,27)(H,23,24,26). The van der Waals surface area contributed by atoms with Gasteiger partial charge in [0.2, 0.25) is 5.95 Å². The van der Waals surface area contributed by atoms with Crippen molar-refractivity contribution in [1.82, 2.24) is 9.97 Å². The van der Waals surface area contributed by atoms with Crippen molar-refractivity contribution in [2.24, 2.45) is 0 Å². The Labute approximate surface area is 184 Å². The summed E-state index contributed by atoms with van der Waals surface area (Å²) < 4.78 is 28.4. The molecule has 0 spiro atoms. The Kier molecular flexibility index (Phi) is 5.97. The second-order valence-corrected chi connectivity index (χ2v) is 9.55. The van der Waals surface area contributed by atoms with E-state index >= 15 is 0 Å². The van der Waals surface area contributed by atoms with E-state index in [1.807, 2.05) is 24.3 Å². The SMILES string of the molecule is CCCc1c(C(=O)Nc2ccc(S(=O)(=O)Nc3ncccn3)cc2)sc2ccccc12. The van der Waals surface area contributed by atoms with Gasteiger partial charge in [-0.1, -0.05) is 31.5 Å². The number of hydrogen-bond acceptors (Lipinski definition) is 6. The van der Waals surface area contributed by atoms with Crippen molar-refractivity contribution >= 4 is 49.0 Å². The van der Waals surface area contributed by atoms with Gasteiger partial charge in [0.15, 0.2) is 0 Å². The van der Waals surface area contributed by atoms with Gasteiger partial charge < -0.3 is 5.32 Å². The molecular formula is C22H20N4O3S2. The Morgan fingerprint density at radius 2 is 1.71 bits per heavy atom. The average molecular weight is 453 g/mol. The number of aryl methyl sites for hydroxylation is 1. The molecule has 2 heterocycles. The van der Waals surface area contributed by atoms with Gasteiger partial charge in [0.1, 0.15) is 0 Å². The lowest BCUT2D eigenvalue weighted by atomic mass is 10.1. The first-order valence-corrected chi connectivity index (χ1v) is 12.0. The molecule has 0 unspecified atom stereocenters. The monoisotopic (exact) mass is 452 g/mol. The first-order valence-electron chi connectivity index (χ1n) is 9.69. The van der Waals surface area contributed by atoms with E-state index in [1.54, 1.807) is 18.2 Å². The lowest BCUT2D eigenvalue weighted by molar-refractivity contribution is 0.103. The van der Waals surface area contributed by atoms with Crippen molar-refractivity contribution in [3.63, 3.8) is 0 Å². The van der Waals surface area contributed by atoms with Gasteiger partial charge in [-0.05, 0) is 53.8 Å². The summed E-state index contributed by atoms with van der Waals surface area (Å²) in [5, 5.41) is 3.98. The van der Waals surface area contributed by atoms with Crippen LogP contribution in [0.25, 0.3) is 10.1 Å². The summed E-state index contributed by atoms with van der Waals surface area (Å²) in [6.07, 6.45) is 4.65. The van der Waals surface area contributed by atoms with E-state index in [0.717, 1.165) is 28.5 Å². The number of carbonyl (C=O) groups is 1. The van der Waals surface area contributed by atoms with Crippen LogP contribution in [0.2, 0.25) is 0 Å². The number of nitrogens with zero attached hydrogens (tertiary/aromatic N) is 2. The molecule has 0 radical (unpaired) electrons. The minimum atomic E-state index is -3.83. The van der Waals surface area contributed by atoms with Gasteiger partial charge in [-0.2, -0.15) is 0 Å². The van der Waals surface area contributed by atoms with E-state index in [2.05, 4.69) is 26.9 Å². The number of sulfonamides is 1. The number of thiophene rings is 1. The molecule has 2 aromatic heterocycles. The van der Waals surface area contributed by atoms with Gasteiger partial charge in [0, 0.05) is 22.8 Å². The van der Waals surface area contributed by atoms with E-state index in [1.165, 1.54) is 35.9 Å². The molecule has 9 heteroatoms. The highest BCUT2D eigenvalue weighted by atomic mass is 32.2. The summed E-state index contributed by atoms with van der Waals surface area (Å²) >= 11 is 1.47. The molecule has 0 bridgehead atoms. The van der Waals surface area contributed by atoms with Crippen LogP contribution in [0.4, 0.5) is 11.6 Å². The Morgan fingerprint density at radius 3 is 2.42 bits per heavy atom. The Hall–Kier alpha value is -3.30. The highest BCUT2D eigenvalue weighted by Crippen LogP contribution is 2.33.